The molecule has 2 N–H and O–H groups in total. The second-order valence-corrected chi connectivity index (χ2v) is 8.27. The molecule has 0 unspecified atom stereocenters. The van der Waals surface area contributed by atoms with Crippen LogP contribution in [0, 0.1) is 11.6 Å². The molecule has 8 nitrogen and oxygen atoms in total. The normalized spacial score (nSPS) is 15.6. The lowest BCUT2D eigenvalue weighted by molar-refractivity contribution is -0.0221. The highest BCUT2D eigenvalue weighted by Crippen LogP contribution is 2.33. The highest BCUT2D eigenvalue weighted by Gasteiger charge is 2.35. The van der Waals surface area contributed by atoms with Gasteiger partial charge in [-0.3, -0.25) is 4.79 Å². The SMILES string of the molecule is O=C(Nc1c[nH]c2cc(F)c(F)cc12)c1cn(-c2cnc(N3CCC(F)(F)CC3)c(Cl)c2)nn1. The summed E-state index contributed by atoms with van der Waals surface area (Å²) in [7, 11) is 0. The predicted molar refractivity (Wildman–Crippen MR) is 117 cm³/mol. The number of carbonyl (C=O) groups excluding carboxylic acids is 1. The monoisotopic (exact) mass is 493 g/mol. The smallest absolute Gasteiger partial charge is 0.277 e. The van der Waals surface area contributed by atoms with Gasteiger partial charge in [0.05, 0.1) is 34.3 Å². The molecule has 1 fully saturated rings. The maximum Gasteiger partial charge on any atom is 0.277 e. The van der Waals surface area contributed by atoms with Crippen molar-refractivity contribution in [1.29, 1.82) is 0 Å². The largest absolute Gasteiger partial charge is 0.359 e. The zero-order valence-corrected chi connectivity index (χ0v) is 18.1. The van der Waals surface area contributed by atoms with E-state index >= 15 is 0 Å². The summed E-state index contributed by atoms with van der Waals surface area (Å²) in [4.78, 5) is 21.3. The lowest BCUT2D eigenvalue weighted by atomic mass is 10.1. The first-order valence-corrected chi connectivity index (χ1v) is 10.6. The van der Waals surface area contributed by atoms with Crippen molar-refractivity contribution < 1.29 is 22.4 Å². The molecule has 1 saturated heterocycles. The first kappa shape index (κ1) is 22.1. The van der Waals surface area contributed by atoms with Gasteiger partial charge in [0, 0.05) is 43.6 Å². The number of carbonyl (C=O) groups is 1. The van der Waals surface area contributed by atoms with E-state index in [2.05, 4.69) is 25.6 Å². The molecule has 1 amide bonds. The number of H-pyrrole nitrogens is 1. The molecular formula is C21H16ClF4N7O. The number of piperidine rings is 1. The Balaban J connectivity index is 1.32. The number of hydrogen-bond donors (Lipinski definition) is 2. The van der Waals surface area contributed by atoms with Crippen LogP contribution in [0.25, 0.3) is 16.6 Å². The molecule has 176 valence electrons. The Hall–Kier alpha value is -3.67. The number of anilines is 2. The molecule has 34 heavy (non-hydrogen) atoms. The van der Waals surface area contributed by atoms with Crippen LogP contribution in [0.5, 0.6) is 0 Å². The number of pyridine rings is 1. The molecule has 4 aromatic rings. The summed E-state index contributed by atoms with van der Waals surface area (Å²) in [6.45, 7) is 0.272. The molecule has 1 aliphatic heterocycles. The van der Waals surface area contributed by atoms with Crippen molar-refractivity contribution in [3.63, 3.8) is 0 Å². The van der Waals surface area contributed by atoms with Crippen LogP contribution in [0.1, 0.15) is 23.3 Å². The zero-order valence-electron chi connectivity index (χ0n) is 17.3. The van der Waals surface area contributed by atoms with E-state index in [1.807, 2.05) is 0 Å². The highest BCUT2D eigenvalue weighted by molar-refractivity contribution is 6.33. The third kappa shape index (κ3) is 4.16. The highest BCUT2D eigenvalue weighted by atomic mass is 35.5. The number of halogens is 5. The van der Waals surface area contributed by atoms with Gasteiger partial charge in [0.2, 0.25) is 0 Å². The number of amides is 1. The predicted octanol–water partition coefficient (Wildman–Crippen LogP) is 4.56. The number of hydrogen-bond acceptors (Lipinski definition) is 5. The Kier molecular flexibility index (Phi) is 5.39. The van der Waals surface area contributed by atoms with Crippen LogP contribution in [0.3, 0.4) is 0 Å². The van der Waals surface area contributed by atoms with Crippen molar-refractivity contribution in [2.45, 2.75) is 18.8 Å². The fourth-order valence-corrected chi connectivity index (χ4v) is 4.00. The van der Waals surface area contributed by atoms with E-state index in [4.69, 9.17) is 11.6 Å². The van der Waals surface area contributed by atoms with Gasteiger partial charge in [0.15, 0.2) is 17.3 Å². The molecule has 1 aliphatic rings. The number of nitrogens with zero attached hydrogens (tertiary/aromatic N) is 5. The van der Waals surface area contributed by atoms with Crippen LogP contribution in [0.15, 0.2) is 36.8 Å². The quantitative estimate of drug-likeness (QED) is 0.407. The van der Waals surface area contributed by atoms with E-state index in [-0.39, 0.29) is 42.3 Å². The van der Waals surface area contributed by atoms with E-state index < -0.39 is 23.5 Å². The average Bonchev–Trinajstić information content (AvgIpc) is 3.43. The molecule has 4 heterocycles. The van der Waals surface area contributed by atoms with Crippen molar-refractivity contribution in [3.8, 4) is 5.69 Å². The number of benzene rings is 1. The van der Waals surface area contributed by atoms with Gasteiger partial charge in [-0.05, 0) is 12.1 Å². The van der Waals surface area contributed by atoms with Gasteiger partial charge in [-0.2, -0.15) is 0 Å². The number of nitrogens with one attached hydrogen (secondary N) is 2. The van der Waals surface area contributed by atoms with Crippen molar-refractivity contribution in [2.75, 3.05) is 23.3 Å². The Morgan fingerprint density at radius 3 is 2.62 bits per heavy atom. The van der Waals surface area contributed by atoms with Gasteiger partial charge >= 0.3 is 0 Å². The summed E-state index contributed by atoms with van der Waals surface area (Å²) in [5.74, 6) is -4.97. The summed E-state index contributed by atoms with van der Waals surface area (Å²) in [6.07, 6.45) is 3.66. The molecule has 0 atom stereocenters. The van der Waals surface area contributed by atoms with Gasteiger partial charge < -0.3 is 15.2 Å². The van der Waals surface area contributed by atoms with E-state index in [1.54, 1.807) is 11.0 Å². The summed E-state index contributed by atoms with van der Waals surface area (Å²) >= 11 is 6.33. The first-order chi connectivity index (χ1) is 16.2. The summed E-state index contributed by atoms with van der Waals surface area (Å²) < 4.78 is 55.1. The Labute approximate surface area is 194 Å². The van der Waals surface area contributed by atoms with Crippen molar-refractivity contribution in [1.82, 2.24) is 25.0 Å². The maximum absolute atomic E-state index is 13.6. The summed E-state index contributed by atoms with van der Waals surface area (Å²) in [5, 5.41) is 10.9. The fraction of sp³-hybridized carbons (Fsp3) is 0.238. The van der Waals surface area contributed by atoms with Crippen LogP contribution in [-0.4, -0.2) is 49.9 Å². The van der Waals surface area contributed by atoms with Gasteiger partial charge in [0.1, 0.15) is 5.82 Å². The second-order valence-electron chi connectivity index (χ2n) is 7.86. The molecule has 0 saturated carbocycles. The lowest BCUT2D eigenvalue weighted by Gasteiger charge is -2.33. The molecule has 0 spiro atoms. The minimum atomic E-state index is -2.68. The first-order valence-electron chi connectivity index (χ1n) is 10.2. The third-order valence-corrected chi connectivity index (χ3v) is 5.84. The van der Waals surface area contributed by atoms with Crippen molar-refractivity contribution >= 4 is 39.9 Å². The van der Waals surface area contributed by atoms with Gasteiger partial charge in [-0.25, -0.2) is 27.2 Å². The standard InChI is InChI=1S/C21H16ClF4N7O/c22-13-5-11(8-28-19(13)32-3-1-21(25,26)2-4-32)33-10-18(30-31-33)20(34)29-17-9-27-16-7-15(24)14(23)6-12(16)17/h5-10,27H,1-4H2,(H,29,34). The minimum absolute atomic E-state index is 0.0459. The Morgan fingerprint density at radius 1 is 1.15 bits per heavy atom. The van der Waals surface area contributed by atoms with E-state index in [0.717, 1.165) is 12.1 Å². The molecular weight excluding hydrogens is 478 g/mol. The van der Waals surface area contributed by atoms with Crippen LogP contribution >= 0.6 is 11.6 Å². The third-order valence-electron chi connectivity index (χ3n) is 5.56. The maximum atomic E-state index is 13.6. The number of fused-ring (bicyclic) bond motifs is 1. The molecule has 0 aliphatic carbocycles. The van der Waals surface area contributed by atoms with Gasteiger partial charge in [-0.1, -0.05) is 16.8 Å². The van der Waals surface area contributed by atoms with E-state index in [1.165, 1.54) is 23.3 Å². The molecule has 5 rings (SSSR count). The Morgan fingerprint density at radius 2 is 1.88 bits per heavy atom. The van der Waals surface area contributed by atoms with Crippen molar-refractivity contribution in [2.24, 2.45) is 0 Å². The number of alkyl halides is 2. The molecule has 3 aromatic heterocycles. The second kappa shape index (κ2) is 8.28. The molecule has 13 heteroatoms. The zero-order chi connectivity index (χ0) is 24.0. The van der Waals surface area contributed by atoms with Crippen LogP contribution in [0.4, 0.5) is 29.1 Å². The molecule has 1 aromatic carbocycles. The minimum Gasteiger partial charge on any atom is -0.359 e. The van der Waals surface area contributed by atoms with Gasteiger partial charge in [-0.15, -0.1) is 5.10 Å². The fourth-order valence-electron chi connectivity index (χ4n) is 3.72. The summed E-state index contributed by atoms with van der Waals surface area (Å²) in [5.41, 5.74) is 0.924. The van der Waals surface area contributed by atoms with Crippen LogP contribution < -0.4 is 10.2 Å². The Bertz CT molecular complexity index is 1390. The van der Waals surface area contributed by atoms with Crippen LogP contribution in [0.2, 0.25) is 5.02 Å². The molecule has 0 radical (unpaired) electrons. The lowest BCUT2D eigenvalue weighted by Crippen LogP contribution is -2.39. The molecule has 0 bridgehead atoms. The van der Waals surface area contributed by atoms with Crippen LogP contribution in [-0.2, 0) is 0 Å². The van der Waals surface area contributed by atoms with Crippen molar-refractivity contribution in [3.05, 3.63) is 59.1 Å². The average molecular weight is 494 g/mol. The number of aromatic nitrogens is 5. The van der Waals surface area contributed by atoms with E-state index in [0.29, 0.717) is 22.4 Å². The van der Waals surface area contributed by atoms with E-state index in [9.17, 15) is 22.4 Å². The topological polar surface area (TPSA) is 91.7 Å². The summed E-state index contributed by atoms with van der Waals surface area (Å²) in [6, 6.07) is 3.52. The van der Waals surface area contributed by atoms with Gasteiger partial charge in [0.25, 0.3) is 11.8 Å². The number of aromatic amines is 1. The number of rotatable bonds is 4.